The van der Waals surface area contributed by atoms with Crippen molar-refractivity contribution in [3.8, 4) is 0 Å². The largest absolute Gasteiger partial charge is 0.409 e. The van der Waals surface area contributed by atoms with E-state index in [9.17, 15) is 4.57 Å². The molecule has 0 aliphatic heterocycles. The lowest BCUT2D eigenvalue weighted by Gasteiger charge is -2.17. The maximum Gasteiger partial charge on any atom is 0.331 e. The Bertz CT molecular complexity index is 246. The lowest BCUT2D eigenvalue weighted by atomic mass is 10.5. The minimum Gasteiger partial charge on any atom is -0.409 e. The molecule has 0 fully saturated rings. The summed E-state index contributed by atoms with van der Waals surface area (Å²) in [6.45, 7) is 4.62. The Morgan fingerprint density at radius 1 is 1.31 bits per heavy atom. The van der Waals surface area contributed by atoms with Gasteiger partial charge in [0.05, 0.1) is 19.4 Å². The second-order valence-electron chi connectivity index (χ2n) is 3.34. The predicted molar refractivity (Wildman–Crippen MR) is 63.0 cm³/mol. The van der Waals surface area contributed by atoms with Crippen molar-refractivity contribution in [2.24, 2.45) is 10.9 Å². The van der Waals surface area contributed by atoms with Gasteiger partial charge in [-0.15, -0.1) is 0 Å². The first kappa shape index (κ1) is 15.4. The van der Waals surface area contributed by atoms with Gasteiger partial charge in [0.1, 0.15) is 5.84 Å². The Labute approximate surface area is 96.3 Å². The normalized spacial score (nSPS) is 13.0. The Morgan fingerprint density at radius 3 is 2.19 bits per heavy atom. The van der Waals surface area contributed by atoms with E-state index in [0.717, 1.165) is 12.8 Å². The van der Waals surface area contributed by atoms with Crippen LogP contribution in [0.1, 0.15) is 33.1 Å². The van der Waals surface area contributed by atoms with Crippen molar-refractivity contribution in [3.05, 3.63) is 0 Å². The SMILES string of the molecule is CCCOP(=O)(CCC(N)=NO)OCCC. The molecule has 0 bridgehead atoms. The average Bonchev–Trinajstić information content (AvgIpc) is 2.31. The van der Waals surface area contributed by atoms with Gasteiger partial charge < -0.3 is 20.0 Å². The van der Waals surface area contributed by atoms with Gasteiger partial charge in [-0.05, 0) is 12.8 Å². The molecule has 96 valence electrons. The molecule has 16 heavy (non-hydrogen) atoms. The summed E-state index contributed by atoms with van der Waals surface area (Å²) in [5.41, 5.74) is 5.31. The van der Waals surface area contributed by atoms with E-state index in [1.54, 1.807) is 0 Å². The van der Waals surface area contributed by atoms with Crippen LogP contribution in [0.15, 0.2) is 5.16 Å². The van der Waals surface area contributed by atoms with Crippen molar-refractivity contribution in [2.75, 3.05) is 19.4 Å². The molecule has 6 nitrogen and oxygen atoms in total. The summed E-state index contributed by atoms with van der Waals surface area (Å²) in [4.78, 5) is 0. The average molecular weight is 252 g/mol. The standard InChI is InChI=1S/C9H21N2O4P/c1-3-6-14-16(13,15-7-4-2)8-5-9(10)11-12/h12H,3-8H2,1-2H3,(H2,10,11). The zero-order valence-corrected chi connectivity index (χ0v) is 10.8. The summed E-state index contributed by atoms with van der Waals surface area (Å²) in [6.07, 6.45) is 1.87. The molecule has 3 N–H and O–H groups in total. The van der Waals surface area contributed by atoms with Gasteiger partial charge in [0.15, 0.2) is 0 Å². The highest BCUT2D eigenvalue weighted by Gasteiger charge is 2.24. The van der Waals surface area contributed by atoms with Crippen LogP contribution in [0, 0.1) is 0 Å². The molecule has 0 saturated carbocycles. The van der Waals surface area contributed by atoms with Crippen LogP contribution in [0.4, 0.5) is 0 Å². The van der Waals surface area contributed by atoms with Gasteiger partial charge in [-0.2, -0.15) is 0 Å². The third-order valence-electron chi connectivity index (χ3n) is 1.75. The molecule has 0 radical (unpaired) electrons. The summed E-state index contributed by atoms with van der Waals surface area (Å²) in [5.74, 6) is 0.0282. The number of nitrogens with two attached hydrogens (primary N) is 1. The van der Waals surface area contributed by atoms with Gasteiger partial charge in [-0.1, -0.05) is 19.0 Å². The van der Waals surface area contributed by atoms with Crippen LogP contribution in [0.2, 0.25) is 0 Å². The molecule has 0 aromatic carbocycles. The Kier molecular flexibility index (Phi) is 8.25. The van der Waals surface area contributed by atoms with E-state index in [2.05, 4.69) is 5.16 Å². The molecule has 0 aromatic heterocycles. The zero-order chi connectivity index (χ0) is 12.4. The fourth-order valence-corrected chi connectivity index (χ4v) is 2.69. The van der Waals surface area contributed by atoms with Gasteiger partial charge in [-0.3, -0.25) is 4.57 Å². The lowest BCUT2D eigenvalue weighted by Crippen LogP contribution is -2.14. The minimum atomic E-state index is -3.09. The van der Waals surface area contributed by atoms with Crippen molar-refractivity contribution in [2.45, 2.75) is 33.1 Å². The second kappa shape index (κ2) is 8.56. The van der Waals surface area contributed by atoms with Crippen molar-refractivity contribution in [1.82, 2.24) is 0 Å². The zero-order valence-electron chi connectivity index (χ0n) is 9.89. The third-order valence-corrected chi connectivity index (χ3v) is 3.68. The van der Waals surface area contributed by atoms with Crippen LogP contribution in [-0.2, 0) is 13.6 Å². The molecule has 0 amide bonds. The molecule has 0 aliphatic carbocycles. The first-order chi connectivity index (χ1) is 7.58. The van der Waals surface area contributed by atoms with Crippen molar-refractivity contribution >= 4 is 13.4 Å². The number of hydrogen-bond donors (Lipinski definition) is 2. The topological polar surface area (TPSA) is 94.1 Å². The van der Waals surface area contributed by atoms with Gasteiger partial charge >= 0.3 is 7.60 Å². The fourth-order valence-electron chi connectivity index (χ4n) is 0.929. The van der Waals surface area contributed by atoms with Gasteiger partial charge in [0.2, 0.25) is 0 Å². The molecule has 7 heteroatoms. The number of hydrogen-bond acceptors (Lipinski definition) is 5. The minimum absolute atomic E-state index is 0.0282. The molecular formula is C9H21N2O4P. The number of rotatable bonds is 9. The van der Waals surface area contributed by atoms with Crippen molar-refractivity contribution < 1.29 is 18.8 Å². The summed E-state index contributed by atoms with van der Waals surface area (Å²) in [5, 5.41) is 11.2. The van der Waals surface area contributed by atoms with E-state index < -0.39 is 7.60 Å². The smallest absolute Gasteiger partial charge is 0.331 e. The monoisotopic (exact) mass is 252 g/mol. The Morgan fingerprint density at radius 2 is 1.81 bits per heavy atom. The van der Waals surface area contributed by atoms with Crippen molar-refractivity contribution in [3.63, 3.8) is 0 Å². The summed E-state index contributed by atoms with van der Waals surface area (Å²) >= 11 is 0. The molecule has 0 heterocycles. The molecular weight excluding hydrogens is 231 g/mol. The molecule has 0 saturated heterocycles. The van der Waals surface area contributed by atoms with E-state index >= 15 is 0 Å². The maximum absolute atomic E-state index is 12.1. The fraction of sp³-hybridized carbons (Fsp3) is 0.889. The summed E-state index contributed by atoms with van der Waals surface area (Å²) < 4.78 is 22.5. The number of nitrogens with zero attached hydrogens (tertiary/aromatic N) is 1. The number of oxime groups is 1. The highest BCUT2D eigenvalue weighted by molar-refractivity contribution is 7.53. The maximum atomic E-state index is 12.1. The van der Waals surface area contributed by atoms with Crippen LogP contribution in [-0.4, -0.2) is 30.4 Å². The number of amidine groups is 1. The molecule has 0 spiro atoms. The van der Waals surface area contributed by atoms with E-state index in [1.807, 2.05) is 13.8 Å². The molecule has 0 aromatic rings. The predicted octanol–water partition coefficient (Wildman–Crippen LogP) is 2.17. The van der Waals surface area contributed by atoms with Crippen LogP contribution in [0.5, 0.6) is 0 Å². The van der Waals surface area contributed by atoms with Gasteiger partial charge in [-0.25, -0.2) is 0 Å². The molecule has 0 rings (SSSR count). The van der Waals surface area contributed by atoms with E-state index in [4.69, 9.17) is 20.0 Å². The van der Waals surface area contributed by atoms with Crippen LogP contribution in [0.3, 0.4) is 0 Å². The van der Waals surface area contributed by atoms with E-state index in [-0.39, 0.29) is 18.4 Å². The van der Waals surface area contributed by atoms with E-state index in [0.29, 0.717) is 13.2 Å². The molecule has 0 aliphatic rings. The summed E-state index contributed by atoms with van der Waals surface area (Å²) in [7, 11) is -3.09. The van der Waals surface area contributed by atoms with Gasteiger partial charge in [0, 0.05) is 6.42 Å². The highest BCUT2D eigenvalue weighted by Crippen LogP contribution is 2.48. The first-order valence-electron chi connectivity index (χ1n) is 5.42. The Hall–Kier alpha value is -0.580. The highest BCUT2D eigenvalue weighted by atomic mass is 31.2. The van der Waals surface area contributed by atoms with Crippen LogP contribution < -0.4 is 5.73 Å². The Balaban J connectivity index is 4.23. The van der Waals surface area contributed by atoms with E-state index in [1.165, 1.54) is 0 Å². The quantitative estimate of drug-likeness (QED) is 0.215. The molecule has 0 unspecified atom stereocenters. The first-order valence-corrected chi connectivity index (χ1v) is 7.15. The third kappa shape index (κ3) is 6.82. The van der Waals surface area contributed by atoms with Crippen molar-refractivity contribution in [1.29, 1.82) is 0 Å². The summed E-state index contributed by atoms with van der Waals surface area (Å²) in [6, 6.07) is 0. The van der Waals surface area contributed by atoms with Crippen LogP contribution in [0.25, 0.3) is 0 Å². The lowest BCUT2D eigenvalue weighted by molar-refractivity contribution is 0.205. The molecule has 0 atom stereocenters. The van der Waals surface area contributed by atoms with Gasteiger partial charge in [0.25, 0.3) is 0 Å². The van der Waals surface area contributed by atoms with Crippen LogP contribution >= 0.6 is 7.60 Å². The second-order valence-corrected chi connectivity index (χ2v) is 5.53.